The van der Waals surface area contributed by atoms with Gasteiger partial charge in [0.2, 0.25) is 27.6 Å². The Balaban J connectivity index is 1.56. The van der Waals surface area contributed by atoms with Crippen molar-refractivity contribution in [3.63, 3.8) is 0 Å². The Bertz CT molecular complexity index is 1400. The first kappa shape index (κ1) is 41.8. The van der Waals surface area contributed by atoms with Crippen LogP contribution in [0, 0.1) is 29.1 Å². The van der Waals surface area contributed by atoms with E-state index in [0.717, 1.165) is 57.8 Å². The van der Waals surface area contributed by atoms with E-state index in [0.29, 0.717) is 32.4 Å². The SMILES string of the molecule is C=CCNC(=O)C(=O)C(CC1CCC1)NC(=O)[C@@H]1C(C(C)C)CCN1C(=O)[C@@H](NC(=O)N[C@H](CN1CCCCS1(=O)=O)C(C)(C)C)C1CCCCC1. The third-order valence-corrected chi connectivity index (χ3v) is 13.7. The quantitative estimate of drug-likeness (QED) is 0.147. The molecule has 0 spiro atoms. The summed E-state index contributed by atoms with van der Waals surface area (Å²) in [6.07, 6.45) is 11.1. The zero-order valence-corrected chi connectivity index (χ0v) is 32.9. The number of nitrogens with zero attached hydrogens (tertiary/aromatic N) is 2. The molecule has 5 amide bonds. The van der Waals surface area contributed by atoms with Crippen LogP contribution in [0.3, 0.4) is 0 Å². The molecule has 0 bridgehead atoms. The lowest BCUT2D eigenvalue weighted by molar-refractivity contribution is -0.144. The van der Waals surface area contributed by atoms with E-state index in [-0.39, 0.29) is 48.4 Å². The number of Topliss-reactive ketones (excluding diaryl/α,β-unsaturated/α-hetero) is 1. The standard InChI is InChI=1S/C38H64N6O7S/c1-7-19-39-35(47)33(45)29(23-26-14-13-15-26)40-34(46)32-28(25(2)3)18-21-44(32)36(48)31(27-16-9-8-10-17-27)42-37(49)41-30(38(4,5)6)24-43-20-11-12-22-52(43,50)51/h7,25-32H,1,8-24H2,2-6H3,(H,39,47)(H,40,46)(H2,41,42,49)/t28?,29?,30-,31+,32+/m1/s1. The molecule has 52 heavy (non-hydrogen) atoms. The highest BCUT2D eigenvalue weighted by Gasteiger charge is 2.47. The van der Waals surface area contributed by atoms with Gasteiger partial charge in [-0.15, -0.1) is 6.58 Å². The molecule has 14 heteroatoms. The minimum absolute atomic E-state index is 0.0493. The van der Waals surface area contributed by atoms with Gasteiger partial charge >= 0.3 is 6.03 Å². The summed E-state index contributed by atoms with van der Waals surface area (Å²) in [6, 6.07) is -3.84. The summed E-state index contributed by atoms with van der Waals surface area (Å²) in [4.78, 5) is 70.5. The topological polar surface area (TPSA) is 174 Å². The summed E-state index contributed by atoms with van der Waals surface area (Å²) in [5.41, 5.74) is -0.479. The van der Waals surface area contributed by atoms with Crippen LogP contribution >= 0.6 is 0 Å². The minimum Gasteiger partial charge on any atom is -0.346 e. The molecule has 2 aliphatic heterocycles. The molecule has 2 heterocycles. The highest BCUT2D eigenvalue weighted by molar-refractivity contribution is 7.89. The van der Waals surface area contributed by atoms with Crippen LogP contribution in [0.1, 0.15) is 112 Å². The lowest BCUT2D eigenvalue weighted by Crippen LogP contribution is -2.61. The Morgan fingerprint density at radius 2 is 1.56 bits per heavy atom. The van der Waals surface area contributed by atoms with E-state index < -0.39 is 63.2 Å². The van der Waals surface area contributed by atoms with E-state index in [1.165, 1.54) is 10.4 Å². The number of amides is 5. The number of hydrogen-bond acceptors (Lipinski definition) is 7. The number of sulfonamides is 1. The van der Waals surface area contributed by atoms with Gasteiger partial charge in [-0.05, 0) is 67.6 Å². The first-order chi connectivity index (χ1) is 24.5. The fourth-order valence-electron chi connectivity index (χ4n) is 8.21. The number of likely N-dealkylation sites (tertiary alicyclic amines) is 1. The van der Waals surface area contributed by atoms with Crippen LogP contribution in [-0.2, 0) is 29.2 Å². The predicted molar refractivity (Wildman–Crippen MR) is 200 cm³/mol. The van der Waals surface area contributed by atoms with Crippen LogP contribution in [0.25, 0.3) is 0 Å². The molecule has 2 aliphatic carbocycles. The number of ketones is 1. The van der Waals surface area contributed by atoms with Gasteiger partial charge in [0.15, 0.2) is 0 Å². The molecule has 2 saturated heterocycles. The molecule has 13 nitrogen and oxygen atoms in total. The van der Waals surface area contributed by atoms with Gasteiger partial charge in [0, 0.05) is 32.2 Å². The summed E-state index contributed by atoms with van der Waals surface area (Å²) in [5.74, 6) is -2.22. The minimum atomic E-state index is -3.42. The van der Waals surface area contributed by atoms with Gasteiger partial charge in [-0.25, -0.2) is 13.2 Å². The number of carbonyl (C=O) groups is 5. The highest BCUT2D eigenvalue weighted by atomic mass is 32.2. The Morgan fingerprint density at radius 1 is 0.865 bits per heavy atom. The lowest BCUT2D eigenvalue weighted by atomic mass is 9.80. The highest BCUT2D eigenvalue weighted by Crippen LogP contribution is 2.35. The van der Waals surface area contributed by atoms with Crippen LogP contribution in [0.5, 0.6) is 0 Å². The number of nitrogens with one attached hydrogen (secondary N) is 4. The van der Waals surface area contributed by atoms with E-state index in [4.69, 9.17) is 0 Å². The number of rotatable bonds is 15. The summed E-state index contributed by atoms with van der Waals surface area (Å²) in [7, 11) is -3.42. The molecular weight excluding hydrogens is 685 g/mol. The fraction of sp³-hybridized carbons (Fsp3) is 0.816. The van der Waals surface area contributed by atoms with Crippen LogP contribution in [0.2, 0.25) is 0 Å². The normalized spacial score (nSPS) is 24.6. The molecule has 4 rings (SSSR count). The third-order valence-electron chi connectivity index (χ3n) is 11.8. The molecule has 2 saturated carbocycles. The maximum absolute atomic E-state index is 14.7. The van der Waals surface area contributed by atoms with Gasteiger partial charge in [0.25, 0.3) is 5.91 Å². The van der Waals surface area contributed by atoms with Crippen LogP contribution in [0.15, 0.2) is 12.7 Å². The van der Waals surface area contributed by atoms with Crippen LogP contribution < -0.4 is 21.3 Å². The van der Waals surface area contributed by atoms with Crippen molar-refractivity contribution in [2.45, 2.75) is 136 Å². The third kappa shape index (κ3) is 10.8. The fourth-order valence-corrected chi connectivity index (χ4v) is 9.82. The predicted octanol–water partition coefficient (Wildman–Crippen LogP) is 3.49. The van der Waals surface area contributed by atoms with Crippen molar-refractivity contribution in [2.75, 3.05) is 31.9 Å². The van der Waals surface area contributed by atoms with Crippen molar-refractivity contribution < 1.29 is 32.4 Å². The number of urea groups is 1. The van der Waals surface area contributed by atoms with Crippen molar-refractivity contribution in [1.29, 1.82) is 0 Å². The molecule has 294 valence electrons. The van der Waals surface area contributed by atoms with Gasteiger partial charge < -0.3 is 26.2 Å². The molecule has 4 N–H and O–H groups in total. The van der Waals surface area contributed by atoms with Crippen molar-refractivity contribution in [3.05, 3.63) is 12.7 Å². The second-order valence-electron chi connectivity index (χ2n) is 16.9. The molecule has 0 aromatic rings. The molecule has 5 atom stereocenters. The Kier molecular flexibility index (Phi) is 14.7. The molecule has 0 aromatic carbocycles. The first-order valence-corrected chi connectivity index (χ1v) is 21.2. The molecule has 0 aromatic heterocycles. The summed E-state index contributed by atoms with van der Waals surface area (Å²) < 4.78 is 27.1. The number of hydrogen-bond donors (Lipinski definition) is 4. The van der Waals surface area contributed by atoms with Crippen LogP contribution in [-0.4, -0.2) is 103 Å². The van der Waals surface area contributed by atoms with Gasteiger partial charge in [-0.3, -0.25) is 19.2 Å². The second-order valence-corrected chi connectivity index (χ2v) is 19.0. The van der Waals surface area contributed by atoms with Gasteiger partial charge in [0.05, 0.1) is 11.8 Å². The molecule has 2 unspecified atom stereocenters. The monoisotopic (exact) mass is 748 g/mol. The van der Waals surface area contributed by atoms with E-state index in [1.807, 2.05) is 34.6 Å². The van der Waals surface area contributed by atoms with Crippen molar-refractivity contribution in [2.24, 2.45) is 29.1 Å². The number of carbonyl (C=O) groups excluding carboxylic acids is 5. The first-order valence-electron chi connectivity index (χ1n) is 19.6. The van der Waals surface area contributed by atoms with Crippen molar-refractivity contribution in [3.8, 4) is 0 Å². The molecular formula is C38H64N6O7S. The average Bonchev–Trinajstić information content (AvgIpc) is 3.53. The van der Waals surface area contributed by atoms with Gasteiger partial charge in [-0.1, -0.05) is 79.2 Å². The zero-order valence-electron chi connectivity index (χ0n) is 32.1. The smallest absolute Gasteiger partial charge is 0.315 e. The lowest BCUT2D eigenvalue weighted by Gasteiger charge is -2.38. The zero-order chi connectivity index (χ0) is 38.2. The van der Waals surface area contributed by atoms with E-state index in [9.17, 15) is 32.4 Å². The Hall–Kier alpha value is -3.00. The molecule has 0 radical (unpaired) electrons. The van der Waals surface area contributed by atoms with E-state index in [2.05, 4.69) is 27.8 Å². The largest absolute Gasteiger partial charge is 0.346 e. The van der Waals surface area contributed by atoms with Crippen molar-refractivity contribution >= 4 is 39.6 Å². The van der Waals surface area contributed by atoms with Gasteiger partial charge in [0.1, 0.15) is 12.1 Å². The maximum atomic E-state index is 14.7. The van der Waals surface area contributed by atoms with E-state index in [1.54, 1.807) is 4.90 Å². The average molecular weight is 749 g/mol. The Morgan fingerprint density at radius 3 is 2.13 bits per heavy atom. The van der Waals surface area contributed by atoms with Crippen molar-refractivity contribution in [1.82, 2.24) is 30.5 Å². The second kappa shape index (κ2) is 18.4. The summed E-state index contributed by atoms with van der Waals surface area (Å²) >= 11 is 0. The maximum Gasteiger partial charge on any atom is 0.315 e. The summed E-state index contributed by atoms with van der Waals surface area (Å²) in [6.45, 7) is 14.5. The summed E-state index contributed by atoms with van der Waals surface area (Å²) in [5, 5.41) is 11.5. The molecule has 4 aliphatic rings. The molecule has 4 fully saturated rings. The van der Waals surface area contributed by atoms with Crippen LogP contribution in [0.4, 0.5) is 4.79 Å². The Labute approximate surface area is 311 Å². The van der Waals surface area contributed by atoms with Gasteiger partial charge in [-0.2, -0.15) is 4.31 Å². The van der Waals surface area contributed by atoms with E-state index >= 15 is 0 Å².